The van der Waals surface area contributed by atoms with Gasteiger partial charge in [-0.2, -0.15) is 8.78 Å². The topological polar surface area (TPSA) is 80.8 Å². The zero-order chi connectivity index (χ0) is 25.1. The Kier molecular flexibility index (Phi) is 7.20. The summed E-state index contributed by atoms with van der Waals surface area (Å²) in [4.78, 5) is 30.5. The van der Waals surface area contributed by atoms with Crippen LogP contribution in [-0.4, -0.2) is 41.6 Å². The molecule has 0 radical (unpaired) electrons. The first-order chi connectivity index (χ1) is 16.8. The molecule has 1 aliphatic rings. The highest BCUT2D eigenvalue weighted by Gasteiger charge is 2.36. The van der Waals surface area contributed by atoms with Crippen LogP contribution >= 0.6 is 11.3 Å². The minimum Gasteiger partial charge on any atom is -0.491 e. The Morgan fingerprint density at radius 2 is 1.80 bits per heavy atom. The van der Waals surface area contributed by atoms with Crippen molar-refractivity contribution in [1.29, 1.82) is 0 Å². The van der Waals surface area contributed by atoms with Gasteiger partial charge in [0.2, 0.25) is 17.5 Å². The molecule has 0 bridgehead atoms. The van der Waals surface area contributed by atoms with E-state index in [1.807, 2.05) is 18.2 Å². The molecule has 0 unspecified atom stereocenters. The van der Waals surface area contributed by atoms with Gasteiger partial charge in [-0.15, -0.1) is 11.3 Å². The van der Waals surface area contributed by atoms with E-state index < -0.39 is 58.3 Å². The summed E-state index contributed by atoms with van der Waals surface area (Å²) in [7, 11) is 0.875. The van der Waals surface area contributed by atoms with Crippen molar-refractivity contribution in [3.8, 4) is 17.0 Å². The van der Waals surface area contributed by atoms with Crippen LogP contribution in [0.5, 0.6) is 5.75 Å². The number of amides is 2. The molecule has 3 aromatic rings. The van der Waals surface area contributed by atoms with Crippen molar-refractivity contribution in [2.24, 2.45) is 0 Å². The zero-order valence-corrected chi connectivity index (χ0v) is 19.1. The predicted molar refractivity (Wildman–Crippen MR) is 119 cm³/mol. The molecule has 1 aliphatic heterocycles. The Hall–Kier alpha value is -3.67. The third-order valence-electron chi connectivity index (χ3n) is 5.41. The molecule has 2 aromatic carbocycles. The molecule has 0 spiro atoms. The number of benzene rings is 2. The van der Waals surface area contributed by atoms with Crippen molar-refractivity contribution in [2.75, 3.05) is 19.0 Å². The summed E-state index contributed by atoms with van der Waals surface area (Å²) in [6, 6.07) is 8.21. The van der Waals surface area contributed by atoms with Gasteiger partial charge in [-0.3, -0.25) is 9.69 Å². The molecule has 4 rings (SSSR count). The Morgan fingerprint density at radius 1 is 1.11 bits per heavy atom. The van der Waals surface area contributed by atoms with Crippen LogP contribution in [0.3, 0.4) is 0 Å². The lowest BCUT2D eigenvalue weighted by Gasteiger charge is -2.22. The normalized spacial score (nSPS) is 15.2. The van der Waals surface area contributed by atoms with Gasteiger partial charge in [0.25, 0.3) is 0 Å². The molecule has 1 aromatic heterocycles. The third-order valence-corrected chi connectivity index (χ3v) is 6.17. The van der Waals surface area contributed by atoms with E-state index in [4.69, 9.17) is 4.74 Å². The fourth-order valence-corrected chi connectivity index (χ4v) is 4.41. The van der Waals surface area contributed by atoms with E-state index in [0.717, 1.165) is 29.4 Å². The lowest BCUT2D eigenvalue weighted by molar-refractivity contribution is -0.120. The fourth-order valence-electron chi connectivity index (χ4n) is 3.71. The van der Waals surface area contributed by atoms with Gasteiger partial charge in [0, 0.05) is 11.9 Å². The average molecular weight is 509 g/mol. The Labute approximate surface area is 201 Å². The van der Waals surface area contributed by atoms with Crippen LogP contribution < -0.4 is 10.1 Å². The molecule has 1 N–H and O–H groups in total. The fraction of sp³-hybridized carbons (Fsp3) is 0.261. The molecule has 2 amide bonds. The van der Waals surface area contributed by atoms with Crippen LogP contribution in [0.2, 0.25) is 0 Å². The quantitative estimate of drug-likeness (QED) is 0.369. The van der Waals surface area contributed by atoms with Crippen LogP contribution in [0.15, 0.2) is 35.7 Å². The van der Waals surface area contributed by atoms with Gasteiger partial charge in [-0.25, -0.2) is 18.6 Å². The molecular weight excluding hydrogens is 490 g/mol. The second kappa shape index (κ2) is 10.3. The highest BCUT2D eigenvalue weighted by molar-refractivity contribution is 7.14. The average Bonchev–Trinajstić information content (AvgIpc) is 3.53. The molecule has 12 heteroatoms. The highest BCUT2D eigenvalue weighted by atomic mass is 32.1. The maximum atomic E-state index is 14.4. The number of rotatable bonds is 6. The summed E-state index contributed by atoms with van der Waals surface area (Å²) in [5, 5.41) is 3.56. The SMILES string of the molecule is COc1c(F)c(F)c(-c2csc(NC(=O)[C@@H]3CCCN3C(=O)OCc3ccccc3)n2)c(F)c1F. The van der Waals surface area contributed by atoms with Crippen molar-refractivity contribution >= 4 is 28.5 Å². The van der Waals surface area contributed by atoms with E-state index in [1.54, 1.807) is 12.1 Å². The Morgan fingerprint density at radius 3 is 2.46 bits per heavy atom. The molecule has 35 heavy (non-hydrogen) atoms. The van der Waals surface area contributed by atoms with Crippen LogP contribution in [0, 0.1) is 23.3 Å². The Balaban J connectivity index is 1.46. The first kappa shape index (κ1) is 24.5. The van der Waals surface area contributed by atoms with Gasteiger partial charge in [-0.05, 0) is 18.4 Å². The van der Waals surface area contributed by atoms with Crippen molar-refractivity contribution < 1.29 is 36.6 Å². The number of nitrogens with zero attached hydrogens (tertiary/aromatic N) is 2. The standard InChI is InChI=1S/C23H19F4N3O4S/c1-33-20-18(26)16(24)15(17(25)19(20)27)13-11-35-22(28-13)29-21(31)14-8-5-9-30(14)23(32)34-10-12-6-3-2-4-7-12/h2-4,6-7,11,14H,5,8-10H2,1H3,(H,28,29,31)/t14-/m0/s1. The molecular formula is C23H19F4N3O4S. The molecule has 2 heterocycles. The summed E-state index contributed by atoms with van der Waals surface area (Å²) in [5.41, 5.74) is -0.641. The minimum absolute atomic E-state index is 0.0481. The van der Waals surface area contributed by atoms with Crippen molar-refractivity contribution in [3.63, 3.8) is 0 Å². The summed E-state index contributed by atoms with van der Waals surface area (Å²) in [6.07, 6.45) is 0.296. The number of halogens is 4. The lowest BCUT2D eigenvalue weighted by atomic mass is 10.1. The number of carbonyl (C=O) groups excluding carboxylic acids is 2. The Bertz CT molecular complexity index is 1230. The van der Waals surface area contributed by atoms with E-state index in [2.05, 4.69) is 15.0 Å². The third kappa shape index (κ3) is 4.92. The number of methoxy groups -OCH3 is 1. The van der Waals surface area contributed by atoms with E-state index in [1.165, 1.54) is 4.90 Å². The number of ether oxygens (including phenoxy) is 2. The van der Waals surface area contributed by atoms with Crippen molar-refractivity contribution in [2.45, 2.75) is 25.5 Å². The van der Waals surface area contributed by atoms with Gasteiger partial charge < -0.3 is 14.8 Å². The number of anilines is 1. The number of thiazole rings is 1. The van der Waals surface area contributed by atoms with E-state index in [-0.39, 0.29) is 11.7 Å². The van der Waals surface area contributed by atoms with Crippen LogP contribution in [0.1, 0.15) is 18.4 Å². The lowest BCUT2D eigenvalue weighted by Crippen LogP contribution is -2.43. The minimum atomic E-state index is -1.70. The van der Waals surface area contributed by atoms with Crippen LogP contribution in [-0.2, 0) is 16.1 Å². The van der Waals surface area contributed by atoms with Crippen LogP contribution in [0.25, 0.3) is 11.3 Å². The van der Waals surface area contributed by atoms with E-state index in [9.17, 15) is 27.2 Å². The van der Waals surface area contributed by atoms with Gasteiger partial charge in [0.1, 0.15) is 12.6 Å². The molecule has 1 atom stereocenters. The molecule has 184 valence electrons. The van der Waals surface area contributed by atoms with Gasteiger partial charge in [0.15, 0.2) is 22.5 Å². The molecule has 1 saturated heterocycles. The predicted octanol–water partition coefficient (Wildman–Crippen LogP) is 5.11. The maximum Gasteiger partial charge on any atom is 0.410 e. The smallest absolute Gasteiger partial charge is 0.410 e. The highest BCUT2D eigenvalue weighted by Crippen LogP contribution is 2.36. The second-order valence-electron chi connectivity index (χ2n) is 7.58. The summed E-state index contributed by atoms with van der Waals surface area (Å²) in [5.74, 6) is -8.51. The first-order valence-electron chi connectivity index (χ1n) is 10.5. The first-order valence-corrected chi connectivity index (χ1v) is 11.3. The molecule has 1 fully saturated rings. The van der Waals surface area contributed by atoms with Crippen molar-refractivity contribution in [1.82, 2.24) is 9.88 Å². The number of hydrogen-bond acceptors (Lipinski definition) is 6. The number of nitrogens with one attached hydrogen (secondary N) is 1. The maximum absolute atomic E-state index is 14.4. The monoisotopic (exact) mass is 509 g/mol. The van der Waals surface area contributed by atoms with Gasteiger partial charge >= 0.3 is 6.09 Å². The number of carbonyl (C=O) groups is 2. The second-order valence-corrected chi connectivity index (χ2v) is 8.44. The number of likely N-dealkylation sites (tertiary alicyclic amines) is 1. The van der Waals surface area contributed by atoms with Gasteiger partial charge in [0.05, 0.1) is 18.4 Å². The van der Waals surface area contributed by atoms with E-state index >= 15 is 0 Å². The van der Waals surface area contributed by atoms with Crippen molar-refractivity contribution in [3.05, 3.63) is 64.5 Å². The summed E-state index contributed by atoms with van der Waals surface area (Å²) >= 11 is 0.801. The summed E-state index contributed by atoms with van der Waals surface area (Å²) in [6.45, 7) is 0.363. The van der Waals surface area contributed by atoms with Crippen LogP contribution in [0.4, 0.5) is 27.5 Å². The van der Waals surface area contributed by atoms with Gasteiger partial charge in [-0.1, -0.05) is 30.3 Å². The molecule has 0 aliphatic carbocycles. The summed E-state index contributed by atoms with van der Waals surface area (Å²) < 4.78 is 66.5. The zero-order valence-electron chi connectivity index (χ0n) is 18.3. The number of aromatic nitrogens is 1. The number of hydrogen-bond donors (Lipinski definition) is 1. The van der Waals surface area contributed by atoms with E-state index in [0.29, 0.717) is 19.4 Å². The molecule has 7 nitrogen and oxygen atoms in total. The largest absolute Gasteiger partial charge is 0.491 e. The molecule has 0 saturated carbocycles.